The maximum absolute atomic E-state index is 5.76. The predicted octanol–water partition coefficient (Wildman–Crippen LogP) is 3.51. The molecular weight excluding hydrogens is 246 g/mol. The van der Waals surface area contributed by atoms with Gasteiger partial charge in [0.05, 0.1) is 5.52 Å². The molecule has 0 saturated heterocycles. The molecule has 0 fully saturated rings. The summed E-state index contributed by atoms with van der Waals surface area (Å²) < 4.78 is 0. The van der Waals surface area contributed by atoms with Crippen molar-refractivity contribution in [2.45, 2.75) is 6.42 Å². The summed E-state index contributed by atoms with van der Waals surface area (Å²) in [5.74, 6) is 1.08. The van der Waals surface area contributed by atoms with E-state index in [1.54, 1.807) is 0 Å². The number of aromatic nitrogens is 1. The summed E-state index contributed by atoms with van der Waals surface area (Å²) in [4.78, 5) is 7.10. The van der Waals surface area contributed by atoms with Gasteiger partial charge in [-0.15, -0.1) is 0 Å². The fraction of sp³-hybridized carbons (Fsp3) is 0.118. The molecule has 20 heavy (non-hydrogen) atoms. The highest BCUT2D eigenvalue weighted by molar-refractivity contribution is 5.84. The Morgan fingerprint density at radius 3 is 2.65 bits per heavy atom. The lowest BCUT2D eigenvalue weighted by molar-refractivity contribution is 0.992. The van der Waals surface area contributed by atoms with E-state index >= 15 is 0 Å². The van der Waals surface area contributed by atoms with Gasteiger partial charge in [0, 0.05) is 23.3 Å². The Labute approximate surface area is 117 Å². The Morgan fingerprint density at radius 2 is 1.80 bits per heavy atom. The molecule has 2 heterocycles. The Kier molecular flexibility index (Phi) is 2.39. The molecule has 1 aromatic heterocycles. The number of pyridine rings is 1. The summed E-state index contributed by atoms with van der Waals surface area (Å²) in [5, 5.41) is 1.21. The molecule has 3 aromatic rings. The lowest BCUT2D eigenvalue weighted by atomic mass is 10.1. The van der Waals surface area contributed by atoms with Gasteiger partial charge in [0.15, 0.2) is 0 Å². The molecule has 1 aliphatic heterocycles. The summed E-state index contributed by atoms with van der Waals surface area (Å²) >= 11 is 0. The molecule has 4 rings (SSSR count). The third-order valence-electron chi connectivity index (χ3n) is 3.85. The van der Waals surface area contributed by atoms with E-state index in [1.165, 1.54) is 10.9 Å². The van der Waals surface area contributed by atoms with Gasteiger partial charge >= 0.3 is 0 Å². The van der Waals surface area contributed by atoms with E-state index in [2.05, 4.69) is 41.3 Å². The molecule has 3 heteroatoms. The van der Waals surface area contributed by atoms with Crippen LogP contribution in [0.4, 0.5) is 17.2 Å². The zero-order valence-electron chi connectivity index (χ0n) is 11.1. The van der Waals surface area contributed by atoms with Crippen LogP contribution in [0.1, 0.15) is 5.56 Å². The molecular formula is C17H15N3. The number of hydrogen-bond acceptors (Lipinski definition) is 3. The number of nitrogens with two attached hydrogens (primary N) is 1. The number of benzene rings is 2. The van der Waals surface area contributed by atoms with Crippen LogP contribution in [0.5, 0.6) is 0 Å². The number of nitrogen functional groups attached to an aromatic ring is 1. The molecule has 0 atom stereocenters. The molecule has 98 valence electrons. The zero-order chi connectivity index (χ0) is 13.5. The second-order valence-corrected chi connectivity index (χ2v) is 5.16. The smallest absolute Gasteiger partial charge is 0.137 e. The normalized spacial score (nSPS) is 13.7. The summed E-state index contributed by atoms with van der Waals surface area (Å²) in [5.41, 5.74) is 10.1. The minimum atomic E-state index is 0.791. The fourth-order valence-electron chi connectivity index (χ4n) is 2.81. The van der Waals surface area contributed by atoms with E-state index in [0.29, 0.717) is 0 Å². The van der Waals surface area contributed by atoms with Crippen LogP contribution in [0.2, 0.25) is 0 Å². The van der Waals surface area contributed by atoms with Gasteiger partial charge < -0.3 is 10.6 Å². The van der Waals surface area contributed by atoms with Crippen LogP contribution in [-0.2, 0) is 6.42 Å². The van der Waals surface area contributed by atoms with Crippen molar-refractivity contribution < 1.29 is 0 Å². The minimum absolute atomic E-state index is 0.791. The first-order valence-electron chi connectivity index (χ1n) is 6.83. The van der Waals surface area contributed by atoms with Gasteiger partial charge in [-0.3, -0.25) is 0 Å². The van der Waals surface area contributed by atoms with Crippen molar-refractivity contribution in [1.29, 1.82) is 0 Å². The molecule has 0 amide bonds. The third kappa shape index (κ3) is 1.71. The minimum Gasteiger partial charge on any atom is -0.399 e. The van der Waals surface area contributed by atoms with Crippen LogP contribution >= 0.6 is 0 Å². The lowest BCUT2D eigenvalue weighted by Crippen LogP contribution is -2.14. The highest BCUT2D eigenvalue weighted by Gasteiger charge is 2.22. The second-order valence-electron chi connectivity index (χ2n) is 5.16. The SMILES string of the molecule is Nc1ccc(N2CCc3cc4ccccc4nc32)cc1. The average molecular weight is 261 g/mol. The van der Waals surface area contributed by atoms with E-state index in [1.807, 2.05) is 18.2 Å². The Bertz CT molecular complexity index is 778. The van der Waals surface area contributed by atoms with Crippen molar-refractivity contribution >= 4 is 28.1 Å². The predicted molar refractivity (Wildman–Crippen MR) is 83.3 cm³/mol. The third-order valence-corrected chi connectivity index (χ3v) is 3.85. The van der Waals surface area contributed by atoms with E-state index in [9.17, 15) is 0 Å². The molecule has 2 N–H and O–H groups in total. The summed E-state index contributed by atoms with van der Waals surface area (Å²) in [6.07, 6.45) is 1.04. The highest BCUT2D eigenvalue weighted by atomic mass is 15.2. The fourth-order valence-corrected chi connectivity index (χ4v) is 2.81. The number of rotatable bonds is 1. The molecule has 0 radical (unpaired) electrons. The number of para-hydroxylation sites is 1. The highest BCUT2D eigenvalue weighted by Crippen LogP contribution is 2.34. The molecule has 0 bridgehead atoms. The molecule has 3 nitrogen and oxygen atoms in total. The van der Waals surface area contributed by atoms with Crippen LogP contribution in [-0.4, -0.2) is 11.5 Å². The lowest BCUT2D eigenvalue weighted by Gasteiger charge is -2.18. The van der Waals surface area contributed by atoms with E-state index in [4.69, 9.17) is 10.7 Å². The van der Waals surface area contributed by atoms with E-state index in [0.717, 1.165) is 35.7 Å². The molecule has 0 spiro atoms. The van der Waals surface area contributed by atoms with Crippen LogP contribution in [0.25, 0.3) is 10.9 Å². The quantitative estimate of drug-likeness (QED) is 0.682. The van der Waals surface area contributed by atoms with Gasteiger partial charge in [0.25, 0.3) is 0 Å². The van der Waals surface area contributed by atoms with Gasteiger partial charge in [0.1, 0.15) is 5.82 Å². The Morgan fingerprint density at radius 1 is 1.00 bits per heavy atom. The number of hydrogen-bond donors (Lipinski definition) is 1. The van der Waals surface area contributed by atoms with E-state index in [-0.39, 0.29) is 0 Å². The molecule has 0 aliphatic carbocycles. The first-order chi connectivity index (χ1) is 9.81. The van der Waals surface area contributed by atoms with Gasteiger partial charge in [-0.05, 0) is 48.4 Å². The van der Waals surface area contributed by atoms with Crippen LogP contribution in [0.15, 0.2) is 54.6 Å². The summed E-state index contributed by atoms with van der Waals surface area (Å²) in [6.45, 7) is 0.975. The Balaban J connectivity index is 1.84. The molecule has 0 saturated carbocycles. The van der Waals surface area contributed by atoms with E-state index < -0.39 is 0 Å². The molecule has 1 aliphatic rings. The van der Waals surface area contributed by atoms with Gasteiger partial charge in [0.2, 0.25) is 0 Å². The first kappa shape index (κ1) is 11.3. The van der Waals surface area contributed by atoms with Gasteiger partial charge in [-0.25, -0.2) is 4.98 Å². The van der Waals surface area contributed by atoms with Gasteiger partial charge in [-0.2, -0.15) is 0 Å². The first-order valence-corrected chi connectivity index (χ1v) is 6.83. The average Bonchev–Trinajstić information content (AvgIpc) is 2.88. The number of nitrogens with zero attached hydrogens (tertiary/aromatic N) is 2. The topological polar surface area (TPSA) is 42.1 Å². The van der Waals surface area contributed by atoms with Crippen LogP contribution in [0, 0.1) is 0 Å². The van der Waals surface area contributed by atoms with Crippen molar-refractivity contribution in [2.75, 3.05) is 17.2 Å². The second kappa shape index (κ2) is 4.23. The number of anilines is 3. The largest absolute Gasteiger partial charge is 0.399 e. The van der Waals surface area contributed by atoms with Crippen molar-refractivity contribution in [3.05, 3.63) is 60.2 Å². The zero-order valence-corrected chi connectivity index (χ0v) is 11.1. The van der Waals surface area contributed by atoms with Crippen molar-refractivity contribution in [1.82, 2.24) is 4.98 Å². The van der Waals surface area contributed by atoms with Crippen molar-refractivity contribution in [3.8, 4) is 0 Å². The number of fused-ring (bicyclic) bond motifs is 2. The summed E-state index contributed by atoms with van der Waals surface area (Å²) in [6, 6.07) is 18.5. The molecule has 0 unspecified atom stereocenters. The Hall–Kier alpha value is -2.55. The van der Waals surface area contributed by atoms with Gasteiger partial charge in [-0.1, -0.05) is 18.2 Å². The molecule has 2 aromatic carbocycles. The summed E-state index contributed by atoms with van der Waals surface area (Å²) in [7, 11) is 0. The maximum Gasteiger partial charge on any atom is 0.137 e. The van der Waals surface area contributed by atoms with Crippen LogP contribution in [0.3, 0.4) is 0 Å². The monoisotopic (exact) mass is 261 g/mol. The van der Waals surface area contributed by atoms with Crippen molar-refractivity contribution in [3.63, 3.8) is 0 Å². The van der Waals surface area contributed by atoms with Crippen molar-refractivity contribution in [2.24, 2.45) is 0 Å². The standard InChI is InChI=1S/C17H15N3/c18-14-5-7-15(8-6-14)20-10-9-13-11-12-3-1-2-4-16(12)19-17(13)20/h1-8,11H,9-10,18H2. The van der Waals surface area contributed by atoms with Crippen LogP contribution < -0.4 is 10.6 Å². The maximum atomic E-state index is 5.76.